The Morgan fingerprint density at radius 1 is 1.00 bits per heavy atom. The van der Waals surface area contributed by atoms with Crippen molar-refractivity contribution in [3.63, 3.8) is 0 Å². The van der Waals surface area contributed by atoms with Gasteiger partial charge in [-0.2, -0.15) is 0 Å². The summed E-state index contributed by atoms with van der Waals surface area (Å²) in [6.07, 6.45) is 3.60. The highest BCUT2D eigenvalue weighted by atomic mass is 16.5. The summed E-state index contributed by atoms with van der Waals surface area (Å²) in [5, 5.41) is 15.4. The molecule has 2 aromatic carbocycles. The van der Waals surface area contributed by atoms with E-state index in [1.54, 1.807) is 38.4 Å². The minimum Gasteiger partial charge on any atom is -0.491 e. The molecule has 1 aliphatic rings. The van der Waals surface area contributed by atoms with Gasteiger partial charge in [0.2, 0.25) is 5.88 Å². The number of piperidine rings is 1. The van der Waals surface area contributed by atoms with E-state index >= 15 is 0 Å². The Bertz CT molecular complexity index is 1550. The van der Waals surface area contributed by atoms with Crippen molar-refractivity contribution in [3.05, 3.63) is 78.0 Å². The summed E-state index contributed by atoms with van der Waals surface area (Å²) >= 11 is 0. The Morgan fingerprint density at radius 2 is 1.79 bits per heavy atom. The fourth-order valence-electron chi connectivity index (χ4n) is 5.27. The van der Waals surface area contributed by atoms with Crippen LogP contribution in [0.3, 0.4) is 0 Å². The number of carbonyl (C=O) groups excluding carboxylic acids is 2. The topological polar surface area (TPSA) is 127 Å². The van der Waals surface area contributed by atoms with E-state index in [4.69, 9.17) is 19.3 Å². The van der Waals surface area contributed by atoms with Crippen LogP contribution in [0.4, 0.5) is 10.6 Å². The molecule has 4 aromatic rings. The molecule has 2 aromatic heterocycles. The Labute approximate surface area is 250 Å². The second kappa shape index (κ2) is 14.1. The lowest BCUT2D eigenvalue weighted by molar-refractivity contribution is 0.102. The highest BCUT2D eigenvalue weighted by Gasteiger charge is 2.21. The van der Waals surface area contributed by atoms with E-state index in [0.29, 0.717) is 53.4 Å². The zero-order valence-corrected chi connectivity index (χ0v) is 24.4. The Balaban J connectivity index is 1.27. The number of fused-ring (bicyclic) bond motifs is 1. The van der Waals surface area contributed by atoms with Crippen LogP contribution in [0.25, 0.3) is 10.9 Å². The fourth-order valence-corrected chi connectivity index (χ4v) is 5.27. The number of hydrogen-bond donors (Lipinski definition) is 3. The van der Waals surface area contributed by atoms with Gasteiger partial charge < -0.3 is 34.9 Å². The van der Waals surface area contributed by atoms with Gasteiger partial charge in [-0.25, -0.2) is 14.3 Å². The molecule has 2 amide bonds. The number of nitrogens with one attached hydrogen (secondary N) is 2. The standard InChI is InChI=1S/C32H37N5O6/c1-33-32(40)37-28-20-26(42-18-17-41-2)8-7-25(28)19-30(37)43-27-9-12-34-29(21-27)35-31(39)24-5-3-22(4-6-24)23-10-13-36(14-11-23)15-16-38/h3-9,12,19-21,23,38H,10-11,13-18H2,1-2H3,(H,33,40)(H,34,35,39). The van der Waals surface area contributed by atoms with Crippen molar-refractivity contribution in [2.24, 2.45) is 0 Å². The van der Waals surface area contributed by atoms with E-state index in [9.17, 15) is 9.59 Å². The minimum atomic E-state index is -0.374. The molecule has 0 radical (unpaired) electrons. The van der Waals surface area contributed by atoms with Crippen LogP contribution in [0, 0.1) is 0 Å². The molecule has 5 rings (SSSR count). The number of hydrogen-bond acceptors (Lipinski definition) is 8. The second-order valence-corrected chi connectivity index (χ2v) is 10.3. The van der Waals surface area contributed by atoms with Gasteiger partial charge >= 0.3 is 6.03 Å². The van der Waals surface area contributed by atoms with Crippen LogP contribution >= 0.6 is 0 Å². The first kappa shape index (κ1) is 30.0. The molecule has 0 unspecified atom stereocenters. The van der Waals surface area contributed by atoms with E-state index in [2.05, 4.69) is 20.5 Å². The van der Waals surface area contributed by atoms with E-state index < -0.39 is 0 Å². The first-order valence-corrected chi connectivity index (χ1v) is 14.4. The minimum absolute atomic E-state index is 0.186. The molecule has 0 atom stereocenters. The summed E-state index contributed by atoms with van der Waals surface area (Å²) in [6.45, 7) is 3.66. The lowest BCUT2D eigenvalue weighted by atomic mass is 9.89. The normalized spacial score (nSPS) is 14.0. The average Bonchev–Trinajstić information content (AvgIpc) is 3.38. The third-order valence-corrected chi connectivity index (χ3v) is 7.56. The van der Waals surface area contributed by atoms with E-state index in [1.807, 2.05) is 36.4 Å². The van der Waals surface area contributed by atoms with Crippen molar-refractivity contribution in [2.45, 2.75) is 18.8 Å². The highest BCUT2D eigenvalue weighted by Crippen LogP contribution is 2.32. The zero-order valence-electron chi connectivity index (χ0n) is 24.4. The zero-order chi connectivity index (χ0) is 30.2. The summed E-state index contributed by atoms with van der Waals surface area (Å²) < 4.78 is 18.3. The van der Waals surface area contributed by atoms with Gasteiger partial charge in [0.25, 0.3) is 5.91 Å². The lowest BCUT2D eigenvalue weighted by Crippen LogP contribution is -2.34. The number of amides is 2. The van der Waals surface area contributed by atoms with Gasteiger partial charge in [0.15, 0.2) is 0 Å². The van der Waals surface area contributed by atoms with Crippen molar-refractivity contribution in [1.82, 2.24) is 19.8 Å². The summed E-state index contributed by atoms with van der Waals surface area (Å²) in [7, 11) is 3.15. The number of pyridine rings is 1. The molecule has 1 fully saturated rings. The summed E-state index contributed by atoms with van der Waals surface area (Å²) in [5.74, 6) is 1.78. The van der Waals surface area contributed by atoms with Gasteiger partial charge in [-0.3, -0.25) is 4.79 Å². The number of anilines is 1. The first-order valence-electron chi connectivity index (χ1n) is 14.4. The first-order chi connectivity index (χ1) is 21.0. The maximum atomic E-state index is 13.0. The molecular weight excluding hydrogens is 550 g/mol. The number of likely N-dealkylation sites (tertiary alicyclic amines) is 1. The van der Waals surface area contributed by atoms with Crippen molar-refractivity contribution in [3.8, 4) is 17.4 Å². The molecule has 0 bridgehead atoms. The Hall–Kier alpha value is -4.45. The Kier molecular flexibility index (Phi) is 9.88. The van der Waals surface area contributed by atoms with Crippen molar-refractivity contribution in [1.29, 1.82) is 0 Å². The number of aliphatic hydroxyl groups excluding tert-OH is 1. The number of ether oxygens (including phenoxy) is 3. The van der Waals surface area contributed by atoms with Crippen LogP contribution in [-0.2, 0) is 4.74 Å². The van der Waals surface area contributed by atoms with Gasteiger partial charge in [-0.1, -0.05) is 12.1 Å². The van der Waals surface area contributed by atoms with Crippen molar-refractivity contribution in [2.75, 3.05) is 58.9 Å². The molecule has 11 nitrogen and oxygen atoms in total. The van der Waals surface area contributed by atoms with Crippen LogP contribution in [0.15, 0.2) is 66.9 Å². The smallest absolute Gasteiger partial charge is 0.328 e. The number of β-amino-alcohol motifs (C(OH)–C–C–N with tert-alkyl or cyclic N) is 1. The highest BCUT2D eigenvalue weighted by molar-refractivity contribution is 6.03. The third kappa shape index (κ3) is 7.31. The molecule has 3 N–H and O–H groups in total. The molecule has 1 aliphatic heterocycles. The van der Waals surface area contributed by atoms with Crippen LogP contribution in [-0.4, -0.2) is 85.1 Å². The number of aromatic nitrogens is 2. The second-order valence-electron chi connectivity index (χ2n) is 10.3. The number of benzene rings is 2. The molecule has 0 saturated carbocycles. The molecule has 0 spiro atoms. The van der Waals surface area contributed by atoms with E-state index in [1.165, 1.54) is 16.3 Å². The summed E-state index contributed by atoms with van der Waals surface area (Å²) in [4.78, 5) is 32.4. The van der Waals surface area contributed by atoms with E-state index in [-0.39, 0.29) is 18.5 Å². The number of methoxy groups -OCH3 is 1. The van der Waals surface area contributed by atoms with Crippen LogP contribution < -0.4 is 20.1 Å². The third-order valence-electron chi connectivity index (χ3n) is 7.56. The molecule has 3 heterocycles. The average molecular weight is 588 g/mol. The fraction of sp³-hybridized carbons (Fsp3) is 0.344. The molecular formula is C32H37N5O6. The molecule has 43 heavy (non-hydrogen) atoms. The number of aliphatic hydroxyl groups is 1. The Morgan fingerprint density at radius 3 is 2.51 bits per heavy atom. The predicted molar refractivity (Wildman–Crippen MR) is 163 cm³/mol. The predicted octanol–water partition coefficient (Wildman–Crippen LogP) is 4.47. The van der Waals surface area contributed by atoms with Crippen molar-refractivity contribution >= 4 is 28.7 Å². The SMILES string of the molecule is CNC(=O)n1c(Oc2ccnc(NC(=O)c3ccc(C4CCN(CCO)CC4)cc3)c2)cc2ccc(OCCOC)cc21. The maximum absolute atomic E-state index is 13.0. The number of nitrogens with zero attached hydrogens (tertiary/aromatic N) is 3. The number of carbonyl (C=O) groups is 2. The van der Waals surface area contributed by atoms with Crippen LogP contribution in [0.1, 0.15) is 34.7 Å². The van der Waals surface area contributed by atoms with Gasteiger partial charge in [0.1, 0.15) is 23.9 Å². The quantitative estimate of drug-likeness (QED) is 0.220. The molecule has 0 aliphatic carbocycles. The van der Waals surface area contributed by atoms with Crippen LogP contribution in [0.2, 0.25) is 0 Å². The van der Waals surface area contributed by atoms with E-state index in [0.717, 1.165) is 37.9 Å². The largest absolute Gasteiger partial charge is 0.491 e. The van der Waals surface area contributed by atoms with Gasteiger partial charge in [-0.15, -0.1) is 0 Å². The molecule has 226 valence electrons. The maximum Gasteiger partial charge on any atom is 0.328 e. The summed E-state index contributed by atoms with van der Waals surface area (Å²) in [5.41, 5.74) is 2.36. The lowest BCUT2D eigenvalue weighted by Gasteiger charge is -2.31. The summed E-state index contributed by atoms with van der Waals surface area (Å²) in [6, 6.07) is 17.8. The van der Waals surface area contributed by atoms with Gasteiger partial charge in [-0.05, 0) is 67.7 Å². The van der Waals surface area contributed by atoms with Crippen molar-refractivity contribution < 1.29 is 28.9 Å². The van der Waals surface area contributed by atoms with Crippen LogP contribution in [0.5, 0.6) is 17.4 Å². The number of rotatable bonds is 11. The monoisotopic (exact) mass is 587 g/mol. The molecule has 1 saturated heterocycles. The van der Waals surface area contributed by atoms with Gasteiger partial charge in [0, 0.05) is 56.0 Å². The van der Waals surface area contributed by atoms with Gasteiger partial charge in [0.05, 0.1) is 18.7 Å². The molecule has 11 heteroatoms.